The van der Waals surface area contributed by atoms with E-state index in [9.17, 15) is 14.7 Å². The summed E-state index contributed by atoms with van der Waals surface area (Å²) in [5.41, 5.74) is 3.91. The van der Waals surface area contributed by atoms with Gasteiger partial charge in [-0.25, -0.2) is 19.6 Å². The highest BCUT2D eigenvalue weighted by Gasteiger charge is 2.38. The second-order valence-corrected chi connectivity index (χ2v) is 11.6. The summed E-state index contributed by atoms with van der Waals surface area (Å²) in [5, 5.41) is 15.7. The molecule has 2 heterocycles. The molecule has 10 nitrogen and oxygen atoms in total. The van der Waals surface area contributed by atoms with Gasteiger partial charge in [0.1, 0.15) is 6.04 Å². The monoisotopic (exact) mass is 628 g/mol. The molecule has 5 rings (SSSR count). The van der Waals surface area contributed by atoms with Crippen molar-refractivity contribution in [2.45, 2.75) is 49.6 Å². The number of amides is 2. The molecule has 0 bridgehead atoms. The summed E-state index contributed by atoms with van der Waals surface area (Å²) in [6, 6.07) is 24.7. The number of carbonyl (C=O) groups excluding carboxylic acids is 2. The summed E-state index contributed by atoms with van der Waals surface area (Å²) in [6.45, 7) is 2.05. The van der Waals surface area contributed by atoms with Crippen LogP contribution in [0.5, 0.6) is 0 Å². The Bertz CT molecular complexity index is 1540. The van der Waals surface area contributed by atoms with Gasteiger partial charge in [-0.2, -0.15) is 0 Å². The van der Waals surface area contributed by atoms with Crippen molar-refractivity contribution in [2.75, 3.05) is 18.2 Å². The summed E-state index contributed by atoms with van der Waals surface area (Å²) < 4.78 is 18.0. The third kappa shape index (κ3) is 8.67. The van der Waals surface area contributed by atoms with E-state index in [1.807, 2.05) is 66.7 Å². The van der Waals surface area contributed by atoms with Gasteiger partial charge in [0.05, 0.1) is 25.9 Å². The van der Waals surface area contributed by atoms with Crippen molar-refractivity contribution < 1.29 is 28.9 Å². The first-order valence-corrected chi connectivity index (χ1v) is 15.6. The number of aliphatic hydroxyl groups is 1. The molecule has 1 aliphatic rings. The maximum Gasteiger partial charge on any atom is 0.328 e. The molecule has 45 heavy (non-hydrogen) atoms. The summed E-state index contributed by atoms with van der Waals surface area (Å²) in [7, 11) is 1.29. The highest BCUT2D eigenvalue weighted by atomic mass is 32.2. The summed E-state index contributed by atoms with van der Waals surface area (Å²) in [5.74, 6) is 0.0561. The lowest BCUT2D eigenvalue weighted by atomic mass is 9.91. The number of aromatic nitrogens is 2. The van der Waals surface area contributed by atoms with Crippen molar-refractivity contribution in [3.05, 3.63) is 120 Å². The largest absolute Gasteiger partial charge is 0.467 e. The number of nitrogens with one attached hydrogen (secondary N) is 2. The first kappa shape index (κ1) is 32.1. The fraction of sp³-hybridized carbons (Fsp3) is 0.294. The van der Waals surface area contributed by atoms with Gasteiger partial charge in [-0.15, -0.1) is 0 Å². The number of thioether (sulfide) groups is 1. The van der Waals surface area contributed by atoms with Gasteiger partial charge in [-0.3, -0.25) is 0 Å². The SMILES string of the molecule is COC(=O)C(Cc1ccccc1)NC(=O)Nc1cccc(C2OC(CSc3ncccn3)C(C)C(c3ccc(CO)cc3)O2)c1. The average molecular weight is 629 g/mol. The first-order valence-electron chi connectivity index (χ1n) is 14.6. The maximum absolute atomic E-state index is 13.0. The molecule has 1 aliphatic heterocycles. The molecule has 1 saturated heterocycles. The van der Waals surface area contributed by atoms with Crippen LogP contribution in [0.3, 0.4) is 0 Å². The minimum Gasteiger partial charge on any atom is -0.467 e. The lowest BCUT2D eigenvalue weighted by molar-refractivity contribution is -0.268. The second kappa shape index (κ2) is 15.6. The molecular formula is C34H36N4O6S. The van der Waals surface area contributed by atoms with Gasteiger partial charge in [-0.05, 0) is 34.9 Å². The van der Waals surface area contributed by atoms with Crippen molar-refractivity contribution in [3.63, 3.8) is 0 Å². The fourth-order valence-electron chi connectivity index (χ4n) is 5.10. The maximum atomic E-state index is 13.0. The molecule has 234 valence electrons. The molecule has 3 aromatic carbocycles. The molecule has 0 saturated carbocycles. The molecule has 0 spiro atoms. The number of rotatable bonds is 11. The van der Waals surface area contributed by atoms with Crippen molar-refractivity contribution >= 4 is 29.4 Å². The highest BCUT2D eigenvalue weighted by molar-refractivity contribution is 7.99. The number of hydrogen-bond donors (Lipinski definition) is 3. The van der Waals surface area contributed by atoms with E-state index in [0.29, 0.717) is 16.6 Å². The van der Waals surface area contributed by atoms with Crippen molar-refractivity contribution in [1.82, 2.24) is 15.3 Å². The van der Waals surface area contributed by atoms with E-state index in [-0.39, 0.29) is 31.2 Å². The Morgan fingerprint density at radius 3 is 2.40 bits per heavy atom. The van der Waals surface area contributed by atoms with Gasteiger partial charge in [0.2, 0.25) is 0 Å². The fourth-order valence-corrected chi connectivity index (χ4v) is 6.07. The molecule has 5 unspecified atom stereocenters. The number of methoxy groups -OCH3 is 1. The second-order valence-electron chi connectivity index (χ2n) is 10.7. The number of nitrogens with zero attached hydrogens (tertiary/aromatic N) is 2. The van der Waals surface area contributed by atoms with E-state index < -0.39 is 24.3 Å². The average Bonchev–Trinajstić information content (AvgIpc) is 3.08. The Kier molecular flexibility index (Phi) is 11.2. The molecule has 3 N–H and O–H groups in total. The van der Waals surface area contributed by atoms with Gasteiger partial charge in [-0.1, -0.05) is 85.4 Å². The Morgan fingerprint density at radius 1 is 0.933 bits per heavy atom. The summed E-state index contributed by atoms with van der Waals surface area (Å²) in [4.78, 5) is 34.1. The zero-order chi connectivity index (χ0) is 31.6. The van der Waals surface area contributed by atoms with E-state index in [1.165, 1.54) is 18.9 Å². The minimum atomic E-state index is -0.864. The zero-order valence-electron chi connectivity index (χ0n) is 25.0. The molecule has 1 fully saturated rings. The molecule has 1 aromatic heterocycles. The van der Waals surface area contributed by atoms with Gasteiger partial charge in [0.25, 0.3) is 0 Å². The van der Waals surface area contributed by atoms with Gasteiger partial charge < -0.3 is 30.0 Å². The highest BCUT2D eigenvalue weighted by Crippen LogP contribution is 2.43. The van der Waals surface area contributed by atoms with Crippen LogP contribution in [0.2, 0.25) is 0 Å². The predicted octanol–water partition coefficient (Wildman–Crippen LogP) is 5.46. The van der Waals surface area contributed by atoms with Crippen LogP contribution >= 0.6 is 11.8 Å². The molecule has 2 amide bonds. The Hall–Kier alpha value is -4.29. The number of hydrogen-bond acceptors (Lipinski definition) is 9. The standard InChI is InChI=1S/C34H36N4O6S/c1-22-29(21-45-34-35-16-7-17-36-34)43-32(44-30(22)25-14-12-24(20-39)13-15-25)26-10-6-11-27(19-26)37-33(41)38-28(31(40)42-2)18-23-8-4-3-5-9-23/h3-17,19,22,28-30,32,39H,18,20-21H2,1-2H3,(H2,37,38,41). The number of benzene rings is 3. The molecule has 4 aromatic rings. The van der Waals surface area contributed by atoms with Crippen LogP contribution in [0.1, 0.15) is 41.6 Å². The Labute approximate surface area is 266 Å². The van der Waals surface area contributed by atoms with Crippen LogP contribution in [0.15, 0.2) is 102 Å². The van der Waals surface area contributed by atoms with Crippen LogP contribution in [-0.2, 0) is 32.0 Å². The normalized spacial score (nSPS) is 20.2. The number of esters is 1. The zero-order valence-corrected chi connectivity index (χ0v) is 25.9. The molecular weight excluding hydrogens is 592 g/mol. The van der Waals surface area contributed by atoms with Gasteiger partial charge in [0.15, 0.2) is 11.4 Å². The van der Waals surface area contributed by atoms with Crippen LogP contribution in [0, 0.1) is 5.92 Å². The van der Waals surface area contributed by atoms with E-state index in [4.69, 9.17) is 14.2 Å². The van der Waals surface area contributed by atoms with Crippen molar-refractivity contribution in [1.29, 1.82) is 0 Å². The van der Waals surface area contributed by atoms with Crippen LogP contribution in [-0.4, -0.2) is 52.1 Å². The lowest BCUT2D eigenvalue weighted by Gasteiger charge is -2.41. The number of urea groups is 1. The van der Waals surface area contributed by atoms with Crippen molar-refractivity contribution in [3.8, 4) is 0 Å². The van der Waals surface area contributed by atoms with Crippen LogP contribution < -0.4 is 10.6 Å². The number of aliphatic hydroxyl groups excluding tert-OH is 1. The van der Waals surface area contributed by atoms with Crippen LogP contribution in [0.4, 0.5) is 10.5 Å². The molecule has 0 radical (unpaired) electrons. The lowest BCUT2D eigenvalue weighted by Crippen LogP contribution is -2.45. The smallest absolute Gasteiger partial charge is 0.328 e. The quantitative estimate of drug-likeness (QED) is 0.113. The molecule has 11 heteroatoms. The predicted molar refractivity (Wildman–Crippen MR) is 170 cm³/mol. The third-order valence-electron chi connectivity index (χ3n) is 7.53. The summed E-state index contributed by atoms with van der Waals surface area (Å²) in [6.07, 6.45) is 2.48. The van der Waals surface area contributed by atoms with Gasteiger partial charge in [0, 0.05) is 41.7 Å². The van der Waals surface area contributed by atoms with E-state index in [2.05, 4.69) is 27.5 Å². The minimum absolute atomic E-state index is 0.00982. The Balaban J connectivity index is 1.32. The number of ether oxygens (including phenoxy) is 3. The number of anilines is 1. The van der Waals surface area contributed by atoms with E-state index in [0.717, 1.165) is 22.3 Å². The topological polar surface area (TPSA) is 132 Å². The Morgan fingerprint density at radius 2 is 1.69 bits per heavy atom. The first-order chi connectivity index (χ1) is 21.9. The van der Waals surface area contributed by atoms with E-state index >= 15 is 0 Å². The van der Waals surface area contributed by atoms with Gasteiger partial charge >= 0.3 is 12.0 Å². The van der Waals surface area contributed by atoms with Crippen molar-refractivity contribution in [2.24, 2.45) is 5.92 Å². The van der Waals surface area contributed by atoms with Crippen LogP contribution in [0.25, 0.3) is 0 Å². The van der Waals surface area contributed by atoms with E-state index in [1.54, 1.807) is 30.6 Å². The summed E-state index contributed by atoms with van der Waals surface area (Å²) >= 11 is 1.51. The number of carbonyl (C=O) groups is 2. The third-order valence-corrected chi connectivity index (χ3v) is 8.50. The molecule has 5 atom stereocenters. The molecule has 0 aliphatic carbocycles.